The van der Waals surface area contributed by atoms with Gasteiger partial charge in [-0.3, -0.25) is 4.79 Å². The van der Waals surface area contributed by atoms with E-state index >= 15 is 0 Å². The number of nitriles is 1. The fourth-order valence-electron chi connectivity index (χ4n) is 2.58. The molecule has 0 bridgehead atoms. The highest BCUT2D eigenvalue weighted by Crippen LogP contribution is 2.30. The maximum absolute atomic E-state index is 12.4. The van der Waals surface area contributed by atoms with Crippen LogP contribution in [0.2, 0.25) is 0 Å². The number of Topliss-reactive ketones (excluding diaryl/α,β-unsaturated/α-hetero) is 1. The van der Waals surface area contributed by atoms with E-state index in [-0.39, 0.29) is 19.0 Å². The highest BCUT2D eigenvalue weighted by molar-refractivity contribution is 6.12. The van der Waals surface area contributed by atoms with Gasteiger partial charge in [-0.05, 0) is 31.2 Å². The number of esters is 1. The zero-order valence-corrected chi connectivity index (χ0v) is 13.0. The van der Waals surface area contributed by atoms with Crippen LogP contribution in [0.15, 0.2) is 42.6 Å². The molecule has 2 heterocycles. The van der Waals surface area contributed by atoms with E-state index in [0.29, 0.717) is 22.2 Å². The van der Waals surface area contributed by atoms with Gasteiger partial charge in [0.05, 0.1) is 16.6 Å². The van der Waals surface area contributed by atoms with Gasteiger partial charge >= 0.3 is 5.97 Å². The Morgan fingerprint density at radius 3 is 2.79 bits per heavy atom. The molecule has 3 rings (SSSR count). The molecule has 0 radical (unpaired) electrons. The Bertz CT molecular complexity index is 982. The molecule has 0 saturated carbocycles. The number of pyridine rings is 1. The minimum Gasteiger partial charge on any atom is -0.479 e. The van der Waals surface area contributed by atoms with Crippen LogP contribution in [0.1, 0.15) is 17.3 Å². The maximum atomic E-state index is 12.4. The van der Waals surface area contributed by atoms with Crippen LogP contribution in [0.3, 0.4) is 0 Å². The summed E-state index contributed by atoms with van der Waals surface area (Å²) in [5.74, 6) is -0.228. The van der Waals surface area contributed by atoms with E-state index < -0.39 is 5.97 Å². The molecule has 0 saturated heterocycles. The number of hydrogen-bond donors (Lipinski definition) is 0. The van der Waals surface area contributed by atoms with Crippen LogP contribution < -0.4 is 4.74 Å². The Morgan fingerprint density at radius 1 is 1.21 bits per heavy atom. The Labute approximate surface area is 137 Å². The number of carbonyl (C=O) groups excluding carboxylic acids is 2. The first-order chi connectivity index (χ1) is 11.6. The average Bonchev–Trinajstić information content (AvgIpc) is 2.91. The molecular formula is C18H14N2O4. The molecule has 0 aliphatic carbocycles. The van der Waals surface area contributed by atoms with Gasteiger partial charge in [0.1, 0.15) is 18.4 Å². The Kier molecular flexibility index (Phi) is 4.17. The van der Waals surface area contributed by atoms with Crippen molar-refractivity contribution >= 4 is 28.2 Å². The second kappa shape index (κ2) is 6.42. The molecule has 3 aromatic rings. The summed E-state index contributed by atoms with van der Waals surface area (Å²) in [4.78, 5) is 23.5. The Morgan fingerprint density at radius 2 is 2.04 bits per heavy atom. The zero-order valence-electron chi connectivity index (χ0n) is 13.0. The van der Waals surface area contributed by atoms with Crippen LogP contribution >= 0.6 is 0 Å². The lowest BCUT2D eigenvalue weighted by Gasteiger charge is -2.03. The molecule has 0 fully saturated rings. The van der Waals surface area contributed by atoms with Crippen molar-refractivity contribution in [3.05, 3.63) is 48.2 Å². The highest BCUT2D eigenvalue weighted by atomic mass is 16.5. The van der Waals surface area contributed by atoms with E-state index in [1.54, 1.807) is 24.3 Å². The van der Waals surface area contributed by atoms with Gasteiger partial charge in [-0.15, -0.1) is 0 Å². The van der Waals surface area contributed by atoms with E-state index in [9.17, 15) is 9.59 Å². The van der Waals surface area contributed by atoms with E-state index in [2.05, 4.69) is 0 Å². The van der Waals surface area contributed by atoms with Gasteiger partial charge in [0.2, 0.25) is 0 Å². The van der Waals surface area contributed by atoms with Crippen molar-refractivity contribution in [3.63, 3.8) is 0 Å². The number of benzene rings is 1. The SMILES string of the molecule is CC(=O)COC(=O)c1c2ccc(OCC#N)cc2n2ccccc12. The van der Waals surface area contributed by atoms with Crippen LogP contribution in [0.25, 0.3) is 16.4 Å². The number of ketones is 1. The second-order valence-corrected chi connectivity index (χ2v) is 5.23. The average molecular weight is 322 g/mol. The first kappa shape index (κ1) is 15.6. The standard InChI is InChI=1S/C18H14N2O4/c1-12(21)11-24-18(22)17-14-6-5-13(23-9-7-19)10-16(14)20-8-3-2-4-15(17)20/h2-6,8,10H,9,11H2,1H3. The molecule has 0 amide bonds. The molecule has 0 atom stereocenters. The molecular weight excluding hydrogens is 308 g/mol. The summed E-state index contributed by atoms with van der Waals surface area (Å²) in [7, 11) is 0. The van der Waals surface area contributed by atoms with Crippen molar-refractivity contribution < 1.29 is 19.1 Å². The summed E-state index contributed by atoms with van der Waals surface area (Å²) in [6.07, 6.45) is 1.83. The first-order valence-corrected chi connectivity index (χ1v) is 7.31. The van der Waals surface area contributed by atoms with Crippen molar-refractivity contribution in [2.75, 3.05) is 13.2 Å². The van der Waals surface area contributed by atoms with Crippen molar-refractivity contribution in [2.45, 2.75) is 6.92 Å². The van der Waals surface area contributed by atoms with Gasteiger partial charge in [-0.25, -0.2) is 4.79 Å². The molecule has 24 heavy (non-hydrogen) atoms. The predicted molar refractivity (Wildman–Crippen MR) is 87.0 cm³/mol. The van der Waals surface area contributed by atoms with Crippen LogP contribution in [0, 0.1) is 11.3 Å². The third-order valence-corrected chi connectivity index (χ3v) is 3.53. The quantitative estimate of drug-likeness (QED) is 0.675. The van der Waals surface area contributed by atoms with Crippen molar-refractivity contribution in [2.24, 2.45) is 0 Å². The van der Waals surface area contributed by atoms with E-state index in [4.69, 9.17) is 14.7 Å². The van der Waals surface area contributed by atoms with Crippen molar-refractivity contribution in [1.82, 2.24) is 4.40 Å². The molecule has 2 aromatic heterocycles. The van der Waals surface area contributed by atoms with Gasteiger partial charge in [-0.2, -0.15) is 5.26 Å². The summed E-state index contributed by atoms with van der Waals surface area (Å²) in [6.45, 7) is 1.05. The minimum absolute atomic E-state index is 0.0532. The molecule has 0 aliphatic heterocycles. The monoisotopic (exact) mass is 322 g/mol. The molecule has 6 heteroatoms. The summed E-state index contributed by atoms with van der Waals surface area (Å²) in [5.41, 5.74) is 1.84. The first-order valence-electron chi connectivity index (χ1n) is 7.31. The number of hydrogen-bond acceptors (Lipinski definition) is 5. The van der Waals surface area contributed by atoms with Crippen molar-refractivity contribution in [1.29, 1.82) is 5.26 Å². The van der Waals surface area contributed by atoms with Gasteiger partial charge in [-0.1, -0.05) is 6.07 Å². The predicted octanol–water partition coefficient (Wildman–Crippen LogP) is 2.74. The summed E-state index contributed by atoms with van der Waals surface area (Å²) < 4.78 is 12.3. The number of fused-ring (bicyclic) bond motifs is 3. The van der Waals surface area contributed by atoms with Crippen LogP contribution in [-0.4, -0.2) is 29.4 Å². The number of carbonyl (C=O) groups is 2. The summed E-state index contributed by atoms with van der Waals surface area (Å²) in [5, 5.41) is 9.32. The van der Waals surface area contributed by atoms with E-state index in [0.717, 1.165) is 5.52 Å². The fraction of sp³-hybridized carbons (Fsp3) is 0.167. The van der Waals surface area contributed by atoms with Crippen molar-refractivity contribution in [3.8, 4) is 11.8 Å². The zero-order chi connectivity index (χ0) is 17.1. The minimum atomic E-state index is -0.547. The number of ether oxygens (including phenoxy) is 2. The van der Waals surface area contributed by atoms with E-state index in [1.807, 2.05) is 28.8 Å². The van der Waals surface area contributed by atoms with Gasteiger partial charge in [0.25, 0.3) is 0 Å². The largest absolute Gasteiger partial charge is 0.479 e. The lowest BCUT2D eigenvalue weighted by atomic mass is 10.1. The van der Waals surface area contributed by atoms with Crippen LogP contribution in [0.5, 0.6) is 5.75 Å². The number of aromatic nitrogens is 1. The topological polar surface area (TPSA) is 80.8 Å². The van der Waals surface area contributed by atoms with Gasteiger partial charge in [0, 0.05) is 17.6 Å². The molecule has 0 spiro atoms. The van der Waals surface area contributed by atoms with Crippen LogP contribution in [-0.2, 0) is 9.53 Å². The molecule has 1 aromatic carbocycles. The second-order valence-electron chi connectivity index (χ2n) is 5.23. The van der Waals surface area contributed by atoms with E-state index in [1.165, 1.54) is 6.92 Å². The van der Waals surface area contributed by atoms with Gasteiger partial charge < -0.3 is 13.9 Å². The normalized spacial score (nSPS) is 10.5. The summed E-state index contributed by atoms with van der Waals surface area (Å²) >= 11 is 0. The fourth-order valence-corrected chi connectivity index (χ4v) is 2.58. The molecule has 0 N–H and O–H groups in total. The van der Waals surface area contributed by atoms with Gasteiger partial charge in [0.15, 0.2) is 12.4 Å². The maximum Gasteiger partial charge on any atom is 0.341 e. The number of nitrogens with zero attached hydrogens (tertiary/aromatic N) is 2. The Hall–Kier alpha value is -3.33. The third kappa shape index (κ3) is 2.79. The lowest BCUT2D eigenvalue weighted by molar-refractivity contribution is -0.120. The third-order valence-electron chi connectivity index (χ3n) is 3.53. The highest BCUT2D eigenvalue weighted by Gasteiger charge is 2.20. The lowest BCUT2D eigenvalue weighted by Crippen LogP contribution is -2.11. The smallest absolute Gasteiger partial charge is 0.341 e. The molecule has 0 unspecified atom stereocenters. The molecule has 6 nitrogen and oxygen atoms in total. The van der Waals surface area contributed by atoms with Crippen LogP contribution in [0.4, 0.5) is 0 Å². The Balaban J connectivity index is 2.14. The summed E-state index contributed by atoms with van der Waals surface area (Å²) in [6, 6.07) is 12.6. The number of rotatable bonds is 5. The molecule has 0 aliphatic rings. The molecule has 120 valence electrons.